The van der Waals surface area contributed by atoms with Gasteiger partial charge in [-0.15, -0.1) is 0 Å². The maximum atomic E-state index is 12.5. The molecule has 1 aromatic carbocycles. The van der Waals surface area contributed by atoms with Crippen LogP contribution in [0.25, 0.3) is 0 Å². The molecule has 3 rings (SSSR count). The van der Waals surface area contributed by atoms with Crippen LogP contribution in [0.15, 0.2) is 24.3 Å². The van der Waals surface area contributed by atoms with E-state index in [2.05, 4.69) is 10.2 Å². The molecule has 0 bridgehead atoms. The lowest BCUT2D eigenvalue weighted by Gasteiger charge is -2.24. The van der Waals surface area contributed by atoms with Gasteiger partial charge in [0.05, 0.1) is 18.4 Å². The molecule has 124 valence electrons. The summed E-state index contributed by atoms with van der Waals surface area (Å²) in [4.78, 5) is 28.6. The summed E-state index contributed by atoms with van der Waals surface area (Å²) < 4.78 is 4.76. The number of rotatable bonds is 3. The van der Waals surface area contributed by atoms with E-state index in [1.807, 2.05) is 4.90 Å². The zero-order valence-corrected chi connectivity index (χ0v) is 13.5. The summed E-state index contributed by atoms with van der Waals surface area (Å²) in [6.45, 7) is 3.80. The van der Waals surface area contributed by atoms with Gasteiger partial charge < -0.3 is 15.0 Å². The Labute approximate surface area is 136 Å². The van der Waals surface area contributed by atoms with E-state index in [1.54, 1.807) is 24.3 Å². The highest BCUT2D eigenvalue weighted by Gasteiger charge is 2.31. The van der Waals surface area contributed by atoms with Crippen LogP contribution in [-0.2, 0) is 4.74 Å². The molecule has 0 unspecified atom stereocenters. The SMILES string of the molecule is COC(=O)c1ccccc1NC(=O)N1CC[C@@H](N2CCCC2)C1. The molecule has 1 atom stereocenters. The summed E-state index contributed by atoms with van der Waals surface area (Å²) in [5.41, 5.74) is 0.868. The highest BCUT2D eigenvalue weighted by molar-refractivity contribution is 6.00. The van der Waals surface area contributed by atoms with Gasteiger partial charge in [0.2, 0.25) is 0 Å². The molecule has 1 aromatic rings. The van der Waals surface area contributed by atoms with Gasteiger partial charge in [-0.1, -0.05) is 12.1 Å². The van der Waals surface area contributed by atoms with Crippen LogP contribution in [0.3, 0.4) is 0 Å². The predicted octanol–water partition coefficient (Wildman–Crippen LogP) is 2.18. The van der Waals surface area contributed by atoms with E-state index in [0.717, 1.165) is 32.6 Å². The van der Waals surface area contributed by atoms with Crippen molar-refractivity contribution in [3.8, 4) is 0 Å². The summed E-state index contributed by atoms with van der Waals surface area (Å²) in [6.07, 6.45) is 3.54. The molecule has 1 N–H and O–H groups in total. The van der Waals surface area contributed by atoms with E-state index < -0.39 is 5.97 Å². The van der Waals surface area contributed by atoms with Crippen LogP contribution >= 0.6 is 0 Å². The Morgan fingerprint density at radius 2 is 1.91 bits per heavy atom. The van der Waals surface area contributed by atoms with Crippen molar-refractivity contribution < 1.29 is 14.3 Å². The molecule has 2 fully saturated rings. The second-order valence-corrected chi connectivity index (χ2v) is 6.10. The largest absolute Gasteiger partial charge is 0.465 e. The number of para-hydroxylation sites is 1. The van der Waals surface area contributed by atoms with Crippen LogP contribution in [0.4, 0.5) is 10.5 Å². The number of esters is 1. The highest BCUT2D eigenvalue weighted by Crippen LogP contribution is 2.22. The third-order valence-electron chi connectivity index (χ3n) is 4.68. The molecular weight excluding hydrogens is 294 g/mol. The number of nitrogens with zero attached hydrogens (tertiary/aromatic N) is 2. The summed E-state index contributed by atoms with van der Waals surface area (Å²) >= 11 is 0. The molecule has 2 aliphatic heterocycles. The first-order valence-electron chi connectivity index (χ1n) is 8.16. The average molecular weight is 317 g/mol. The van der Waals surface area contributed by atoms with Crippen molar-refractivity contribution in [2.75, 3.05) is 38.6 Å². The van der Waals surface area contributed by atoms with Crippen LogP contribution in [0.1, 0.15) is 29.6 Å². The lowest BCUT2D eigenvalue weighted by atomic mass is 10.2. The molecular formula is C17H23N3O3. The van der Waals surface area contributed by atoms with Crippen molar-refractivity contribution >= 4 is 17.7 Å². The third kappa shape index (κ3) is 3.47. The van der Waals surface area contributed by atoms with Crippen molar-refractivity contribution in [3.05, 3.63) is 29.8 Å². The fraction of sp³-hybridized carbons (Fsp3) is 0.529. The Hall–Kier alpha value is -2.08. The number of anilines is 1. The topological polar surface area (TPSA) is 61.9 Å². The first-order chi connectivity index (χ1) is 11.2. The summed E-state index contributed by atoms with van der Waals surface area (Å²) in [5.74, 6) is -0.447. The van der Waals surface area contributed by atoms with Gasteiger partial charge >= 0.3 is 12.0 Å². The number of methoxy groups -OCH3 is 1. The summed E-state index contributed by atoms with van der Waals surface area (Å²) in [7, 11) is 1.34. The number of urea groups is 1. The van der Waals surface area contributed by atoms with Crippen LogP contribution in [0.2, 0.25) is 0 Å². The van der Waals surface area contributed by atoms with Crippen molar-refractivity contribution in [3.63, 3.8) is 0 Å². The minimum Gasteiger partial charge on any atom is -0.465 e. The molecule has 0 aliphatic carbocycles. The van der Waals surface area contributed by atoms with E-state index in [9.17, 15) is 9.59 Å². The number of amides is 2. The fourth-order valence-electron chi connectivity index (χ4n) is 3.41. The first kappa shape index (κ1) is 15.8. The zero-order valence-electron chi connectivity index (χ0n) is 13.5. The Morgan fingerprint density at radius 3 is 2.65 bits per heavy atom. The number of carbonyl (C=O) groups is 2. The Bertz CT molecular complexity index is 584. The quantitative estimate of drug-likeness (QED) is 0.868. The maximum Gasteiger partial charge on any atom is 0.339 e. The Morgan fingerprint density at radius 1 is 1.17 bits per heavy atom. The number of nitrogens with one attached hydrogen (secondary N) is 1. The molecule has 2 heterocycles. The zero-order chi connectivity index (χ0) is 16.2. The van der Waals surface area contributed by atoms with Gasteiger partial charge in [-0.05, 0) is 44.5 Å². The number of hydrogen-bond acceptors (Lipinski definition) is 4. The third-order valence-corrected chi connectivity index (χ3v) is 4.68. The van der Waals surface area contributed by atoms with E-state index in [1.165, 1.54) is 20.0 Å². The van der Waals surface area contributed by atoms with Gasteiger partial charge in [0.1, 0.15) is 0 Å². The second-order valence-electron chi connectivity index (χ2n) is 6.10. The number of benzene rings is 1. The monoisotopic (exact) mass is 317 g/mol. The van der Waals surface area contributed by atoms with Crippen molar-refractivity contribution in [2.24, 2.45) is 0 Å². The molecule has 2 aliphatic rings. The van der Waals surface area contributed by atoms with Crippen LogP contribution in [-0.4, -0.2) is 61.1 Å². The minimum atomic E-state index is -0.447. The first-order valence-corrected chi connectivity index (χ1v) is 8.16. The van der Waals surface area contributed by atoms with Crippen LogP contribution in [0.5, 0.6) is 0 Å². The van der Waals surface area contributed by atoms with Gasteiger partial charge in [0, 0.05) is 19.1 Å². The Balaban J connectivity index is 1.63. The smallest absolute Gasteiger partial charge is 0.339 e. The van der Waals surface area contributed by atoms with Crippen LogP contribution in [0, 0.1) is 0 Å². The molecule has 0 saturated carbocycles. The fourth-order valence-corrected chi connectivity index (χ4v) is 3.41. The molecule has 6 heteroatoms. The maximum absolute atomic E-state index is 12.5. The predicted molar refractivity (Wildman–Crippen MR) is 87.6 cm³/mol. The number of hydrogen-bond donors (Lipinski definition) is 1. The molecule has 23 heavy (non-hydrogen) atoms. The second kappa shape index (κ2) is 7.00. The molecule has 6 nitrogen and oxygen atoms in total. The van der Waals surface area contributed by atoms with E-state index >= 15 is 0 Å². The minimum absolute atomic E-state index is 0.150. The molecule has 0 radical (unpaired) electrons. The average Bonchev–Trinajstić information content (AvgIpc) is 3.25. The summed E-state index contributed by atoms with van der Waals surface area (Å²) in [5, 5.41) is 2.85. The van der Waals surface area contributed by atoms with Gasteiger partial charge in [-0.2, -0.15) is 0 Å². The lowest BCUT2D eigenvalue weighted by Crippen LogP contribution is -2.38. The number of ether oxygens (including phenoxy) is 1. The van der Waals surface area contributed by atoms with E-state index in [0.29, 0.717) is 17.3 Å². The lowest BCUT2D eigenvalue weighted by molar-refractivity contribution is 0.0602. The molecule has 2 amide bonds. The van der Waals surface area contributed by atoms with Gasteiger partial charge in [-0.3, -0.25) is 4.90 Å². The van der Waals surface area contributed by atoms with Crippen molar-refractivity contribution in [2.45, 2.75) is 25.3 Å². The molecule has 0 aromatic heterocycles. The van der Waals surface area contributed by atoms with E-state index in [4.69, 9.17) is 4.74 Å². The molecule has 0 spiro atoms. The van der Waals surface area contributed by atoms with Gasteiger partial charge in [0.25, 0.3) is 0 Å². The van der Waals surface area contributed by atoms with Crippen LogP contribution < -0.4 is 5.32 Å². The standard InChI is InChI=1S/C17H23N3O3/c1-23-16(21)14-6-2-3-7-15(14)18-17(22)20-11-8-13(12-20)19-9-4-5-10-19/h2-3,6-7,13H,4-5,8-12H2,1H3,(H,18,22)/t13-/m1/s1. The normalized spacial score (nSPS) is 21.4. The van der Waals surface area contributed by atoms with E-state index in [-0.39, 0.29) is 6.03 Å². The van der Waals surface area contributed by atoms with Crippen molar-refractivity contribution in [1.29, 1.82) is 0 Å². The van der Waals surface area contributed by atoms with Gasteiger partial charge in [0.15, 0.2) is 0 Å². The molecule has 2 saturated heterocycles. The van der Waals surface area contributed by atoms with Crippen molar-refractivity contribution in [1.82, 2.24) is 9.80 Å². The van der Waals surface area contributed by atoms with Gasteiger partial charge in [-0.25, -0.2) is 9.59 Å². The highest BCUT2D eigenvalue weighted by atomic mass is 16.5. The number of carbonyl (C=O) groups excluding carboxylic acids is 2. The number of likely N-dealkylation sites (tertiary alicyclic amines) is 2. The summed E-state index contributed by atoms with van der Waals surface area (Å²) in [6, 6.07) is 7.24. The Kier molecular flexibility index (Phi) is 4.81.